The molecule has 5 heteroatoms. The van der Waals surface area contributed by atoms with Crippen LogP contribution in [0.4, 0.5) is 0 Å². The Morgan fingerprint density at radius 2 is 2.54 bits per heavy atom. The third-order valence-electron chi connectivity index (χ3n) is 2.38. The molecule has 74 valence electrons. The number of hydrogen-bond acceptors (Lipinski definition) is 2. The minimum absolute atomic E-state index is 0. The third-order valence-corrected chi connectivity index (χ3v) is 3.28. The van der Waals surface area contributed by atoms with Gasteiger partial charge in [0.05, 0.1) is 12.0 Å². The second kappa shape index (κ2) is 4.61. The number of nitrogens with zero attached hydrogens (tertiary/aromatic N) is 2. The van der Waals surface area contributed by atoms with Gasteiger partial charge < -0.3 is 9.88 Å². The minimum atomic E-state index is 0. The van der Waals surface area contributed by atoms with Crippen LogP contribution in [0.25, 0.3) is 0 Å². The fourth-order valence-electron chi connectivity index (χ4n) is 1.64. The van der Waals surface area contributed by atoms with Crippen LogP contribution in [-0.2, 0) is 6.54 Å². The largest absolute Gasteiger partial charge is 0.328 e. The van der Waals surface area contributed by atoms with E-state index in [9.17, 15) is 0 Å². The van der Waals surface area contributed by atoms with Crippen molar-refractivity contribution in [3.8, 4) is 0 Å². The number of aromatic nitrogens is 2. The molecule has 2 heterocycles. The summed E-state index contributed by atoms with van der Waals surface area (Å²) in [5.74, 6) is 0. The van der Waals surface area contributed by atoms with Crippen LogP contribution in [0.3, 0.4) is 0 Å². The topological polar surface area (TPSA) is 29.9 Å². The Morgan fingerprint density at radius 3 is 3.23 bits per heavy atom. The van der Waals surface area contributed by atoms with E-state index in [2.05, 4.69) is 44.4 Å². The van der Waals surface area contributed by atoms with Gasteiger partial charge in [-0.3, -0.25) is 0 Å². The normalized spacial score (nSPS) is 20.6. The summed E-state index contributed by atoms with van der Waals surface area (Å²) >= 11 is 2.29. The van der Waals surface area contributed by atoms with Crippen LogP contribution in [0.2, 0.25) is 0 Å². The van der Waals surface area contributed by atoms with E-state index in [0.717, 1.165) is 16.8 Å². The molecule has 0 saturated heterocycles. The zero-order valence-corrected chi connectivity index (χ0v) is 10.4. The van der Waals surface area contributed by atoms with Crippen LogP contribution >= 0.6 is 35.0 Å². The number of hydrogen-bond donors (Lipinski definition) is 1. The van der Waals surface area contributed by atoms with Crippen molar-refractivity contribution in [1.82, 2.24) is 14.9 Å². The predicted molar refractivity (Wildman–Crippen MR) is 63.2 cm³/mol. The lowest BCUT2D eigenvalue weighted by atomic mass is 10.2. The molecule has 1 aromatic rings. The van der Waals surface area contributed by atoms with Crippen LogP contribution in [0, 0.1) is 3.70 Å². The summed E-state index contributed by atoms with van der Waals surface area (Å²) < 4.78 is 3.44. The predicted octanol–water partition coefficient (Wildman–Crippen LogP) is 1.96. The molecule has 1 atom stereocenters. The molecule has 0 bridgehead atoms. The van der Waals surface area contributed by atoms with Gasteiger partial charge >= 0.3 is 0 Å². The van der Waals surface area contributed by atoms with Gasteiger partial charge in [0.15, 0.2) is 0 Å². The molecular weight excluding hydrogens is 300 g/mol. The molecule has 0 aromatic carbocycles. The Balaban J connectivity index is 0.000000845. The fraction of sp³-hybridized carbons (Fsp3) is 0.625. The zero-order valence-electron chi connectivity index (χ0n) is 7.46. The summed E-state index contributed by atoms with van der Waals surface area (Å²) in [6.07, 6.45) is 3.14. The van der Waals surface area contributed by atoms with Crippen LogP contribution in [0.5, 0.6) is 0 Å². The van der Waals surface area contributed by atoms with E-state index in [1.54, 1.807) is 0 Å². The maximum atomic E-state index is 4.31. The molecule has 1 N–H and O–H groups in total. The number of halogens is 2. The standard InChI is InChI=1S/C8H12IN3.ClH/c1-2-6-3-10-4-7-8(9)11-5-12(6)7;/h5-6,10H,2-4H2,1H3;1H. The second-order valence-corrected chi connectivity index (χ2v) is 4.10. The first-order chi connectivity index (χ1) is 5.83. The molecule has 2 rings (SSSR count). The Bertz CT molecular complexity index is 287. The highest BCUT2D eigenvalue weighted by Gasteiger charge is 2.19. The molecule has 0 spiro atoms. The summed E-state index contributed by atoms with van der Waals surface area (Å²) in [5.41, 5.74) is 1.34. The first-order valence-corrected chi connectivity index (χ1v) is 5.32. The molecule has 3 nitrogen and oxygen atoms in total. The first-order valence-electron chi connectivity index (χ1n) is 4.25. The maximum Gasteiger partial charge on any atom is 0.123 e. The van der Waals surface area contributed by atoms with Gasteiger partial charge in [-0.15, -0.1) is 12.4 Å². The SMILES string of the molecule is CCC1CNCc2c(I)ncn21.Cl. The molecule has 0 radical (unpaired) electrons. The van der Waals surface area contributed by atoms with E-state index in [1.165, 1.54) is 12.1 Å². The highest BCUT2D eigenvalue weighted by molar-refractivity contribution is 14.1. The molecule has 0 fully saturated rings. The monoisotopic (exact) mass is 313 g/mol. The molecule has 0 amide bonds. The second-order valence-electron chi connectivity index (χ2n) is 3.08. The van der Waals surface area contributed by atoms with Gasteiger partial charge in [0.25, 0.3) is 0 Å². The van der Waals surface area contributed by atoms with Crippen molar-refractivity contribution in [2.45, 2.75) is 25.9 Å². The molecule has 0 aliphatic carbocycles. The van der Waals surface area contributed by atoms with Crippen molar-refractivity contribution in [1.29, 1.82) is 0 Å². The Hall–Kier alpha value is 0.190. The molecule has 1 aliphatic heterocycles. The van der Waals surface area contributed by atoms with E-state index < -0.39 is 0 Å². The highest BCUT2D eigenvalue weighted by Crippen LogP contribution is 2.21. The summed E-state index contributed by atoms with van der Waals surface area (Å²) in [5, 5.41) is 3.40. The van der Waals surface area contributed by atoms with E-state index in [0.29, 0.717) is 6.04 Å². The molecule has 1 unspecified atom stereocenters. The Labute approximate surface area is 97.9 Å². The average Bonchev–Trinajstić information content (AvgIpc) is 2.48. The van der Waals surface area contributed by atoms with Crippen LogP contribution in [0.1, 0.15) is 25.1 Å². The lowest BCUT2D eigenvalue weighted by molar-refractivity contribution is 0.391. The molecule has 13 heavy (non-hydrogen) atoms. The number of fused-ring (bicyclic) bond motifs is 1. The van der Waals surface area contributed by atoms with E-state index >= 15 is 0 Å². The Kier molecular flexibility index (Phi) is 4.00. The minimum Gasteiger partial charge on any atom is -0.328 e. The van der Waals surface area contributed by atoms with Gasteiger partial charge in [0.1, 0.15) is 3.70 Å². The first kappa shape index (κ1) is 11.3. The summed E-state index contributed by atoms with van der Waals surface area (Å²) in [6.45, 7) is 4.26. The van der Waals surface area contributed by atoms with Crippen molar-refractivity contribution in [2.24, 2.45) is 0 Å². The number of rotatable bonds is 1. The van der Waals surface area contributed by atoms with Gasteiger partial charge in [-0.2, -0.15) is 0 Å². The number of imidazole rings is 1. The number of nitrogens with one attached hydrogen (secondary N) is 1. The molecule has 1 aromatic heterocycles. The van der Waals surface area contributed by atoms with Crippen molar-refractivity contribution < 1.29 is 0 Å². The smallest absolute Gasteiger partial charge is 0.123 e. The van der Waals surface area contributed by atoms with Crippen LogP contribution in [0.15, 0.2) is 6.33 Å². The maximum absolute atomic E-state index is 4.31. The van der Waals surface area contributed by atoms with Crippen molar-refractivity contribution in [2.75, 3.05) is 6.54 Å². The van der Waals surface area contributed by atoms with Crippen molar-refractivity contribution in [3.63, 3.8) is 0 Å². The van der Waals surface area contributed by atoms with E-state index in [4.69, 9.17) is 0 Å². The third kappa shape index (κ3) is 1.99. The molecule has 0 saturated carbocycles. The van der Waals surface area contributed by atoms with Gasteiger partial charge in [0, 0.05) is 19.1 Å². The van der Waals surface area contributed by atoms with Gasteiger partial charge in [-0.05, 0) is 29.0 Å². The fourth-order valence-corrected chi connectivity index (χ4v) is 2.23. The van der Waals surface area contributed by atoms with Gasteiger partial charge in [-0.1, -0.05) is 6.92 Å². The Morgan fingerprint density at radius 1 is 1.77 bits per heavy atom. The van der Waals surface area contributed by atoms with E-state index in [-0.39, 0.29) is 12.4 Å². The average molecular weight is 314 g/mol. The van der Waals surface area contributed by atoms with Crippen molar-refractivity contribution in [3.05, 3.63) is 15.7 Å². The van der Waals surface area contributed by atoms with Crippen LogP contribution < -0.4 is 5.32 Å². The lowest BCUT2D eigenvalue weighted by Gasteiger charge is -2.25. The summed E-state index contributed by atoms with van der Waals surface area (Å²) in [7, 11) is 0. The van der Waals surface area contributed by atoms with Crippen LogP contribution in [-0.4, -0.2) is 16.1 Å². The molecular formula is C8H13ClIN3. The lowest BCUT2D eigenvalue weighted by Crippen LogP contribution is -2.32. The molecule has 1 aliphatic rings. The van der Waals surface area contributed by atoms with Gasteiger partial charge in [-0.25, -0.2) is 4.98 Å². The quantitative estimate of drug-likeness (QED) is 0.803. The van der Waals surface area contributed by atoms with Gasteiger partial charge in [0.2, 0.25) is 0 Å². The summed E-state index contributed by atoms with van der Waals surface area (Å²) in [6, 6.07) is 0.602. The van der Waals surface area contributed by atoms with Crippen molar-refractivity contribution >= 4 is 35.0 Å². The highest BCUT2D eigenvalue weighted by atomic mass is 127. The zero-order chi connectivity index (χ0) is 8.55. The summed E-state index contributed by atoms with van der Waals surface area (Å²) in [4.78, 5) is 4.31. The van der Waals surface area contributed by atoms with E-state index in [1.807, 2.05) is 6.33 Å².